The van der Waals surface area contributed by atoms with Crippen molar-refractivity contribution in [3.05, 3.63) is 54.1 Å². The third-order valence-corrected chi connectivity index (χ3v) is 4.08. The molecule has 0 amide bonds. The Labute approximate surface area is 125 Å². The summed E-state index contributed by atoms with van der Waals surface area (Å²) in [7, 11) is 0. The summed E-state index contributed by atoms with van der Waals surface area (Å²) in [5.41, 5.74) is 7.71. The maximum atomic E-state index is 5.66. The molecule has 0 saturated carbocycles. The first-order chi connectivity index (χ1) is 9.74. The fourth-order valence-electron chi connectivity index (χ4n) is 1.78. The van der Waals surface area contributed by atoms with Gasteiger partial charge in [0.1, 0.15) is 5.75 Å². The molecule has 106 valence electrons. The van der Waals surface area contributed by atoms with E-state index in [1.165, 1.54) is 10.5 Å². The summed E-state index contributed by atoms with van der Waals surface area (Å²) >= 11 is 1.91. The number of rotatable bonds is 7. The van der Waals surface area contributed by atoms with Crippen LogP contribution in [0.3, 0.4) is 0 Å². The van der Waals surface area contributed by atoms with E-state index in [-0.39, 0.29) is 0 Å². The minimum absolute atomic E-state index is 0.762. The van der Waals surface area contributed by atoms with E-state index in [9.17, 15) is 0 Å². The SMILES string of the molecule is Cc1ccc(SCCCCOc2ccc(N)cc2)cc1. The first kappa shape index (κ1) is 14.8. The zero-order chi connectivity index (χ0) is 14.2. The minimum atomic E-state index is 0.762. The highest BCUT2D eigenvalue weighted by Crippen LogP contribution is 2.20. The lowest BCUT2D eigenvalue weighted by molar-refractivity contribution is 0.310. The standard InChI is InChI=1S/C17H21NOS/c1-14-4-10-17(11-5-14)20-13-3-2-12-19-16-8-6-15(18)7-9-16/h4-11H,2-3,12-13,18H2,1H3. The number of benzene rings is 2. The maximum Gasteiger partial charge on any atom is 0.119 e. The molecule has 0 fully saturated rings. The van der Waals surface area contributed by atoms with E-state index in [1.807, 2.05) is 36.0 Å². The van der Waals surface area contributed by atoms with Gasteiger partial charge >= 0.3 is 0 Å². The molecular formula is C17H21NOS. The van der Waals surface area contributed by atoms with Crippen molar-refractivity contribution >= 4 is 17.4 Å². The summed E-state index contributed by atoms with van der Waals surface area (Å²) < 4.78 is 5.66. The predicted octanol–water partition coefficient (Wildman–Crippen LogP) is 4.53. The van der Waals surface area contributed by atoms with Crippen LogP contribution in [0.5, 0.6) is 5.75 Å². The topological polar surface area (TPSA) is 35.2 Å². The third-order valence-electron chi connectivity index (χ3n) is 2.98. The van der Waals surface area contributed by atoms with E-state index in [2.05, 4.69) is 31.2 Å². The Bertz CT molecular complexity index is 458. The summed E-state index contributed by atoms with van der Waals surface area (Å²) in [6, 6.07) is 16.2. The monoisotopic (exact) mass is 287 g/mol. The lowest BCUT2D eigenvalue weighted by Crippen LogP contribution is -1.98. The Morgan fingerprint density at radius 2 is 1.65 bits per heavy atom. The van der Waals surface area contributed by atoms with Gasteiger partial charge in [-0.1, -0.05) is 17.7 Å². The zero-order valence-electron chi connectivity index (χ0n) is 11.8. The fourth-order valence-corrected chi connectivity index (χ4v) is 2.70. The van der Waals surface area contributed by atoms with Gasteiger partial charge in [0.15, 0.2) is 0 Å². The second kappa shape index (κ2) is 7.85. The summed E-state index contributed by atoms with van der Waals surface area (Å²) in [4.78, 5) is 1.34. The molecule has 20 heavy (non-hydrogen) atoms. The molecule has 2 aromatic carbocycles. The molecule has 2 nitrogen and oxygen atoms in total. The van der Waals surface area contributed by atoms with Crippen molar-refractivity contribution in [3.8, 4) is 5.75 Å². The van der Waals surface area contributed by atoms with E-state index in [0.29, 0.717) is 0 Å². The van der Waals surface area contributed by atoms with Gasteiger partial charge in [0, 0.05) is 10.6 Å². The smallest absolute Gasteiger partial charge is 0.119 e. The molecule has 2 rings (SSSR count). The number of unbranched alkanes of at least 4 members (excludes halogenated alkanes) is 1. The fraction of sp³-hybridized carbons (Fsp3) is 0.294. The molecule has 0 radical (unpaired) electrons. The van der Waals surface area contributed by atoms with Gasteiger partial charge in [-0.15, -0.1) is 11.8 Å². The Balaban J connectivity index is 1.57. The molecule has 0 aliphatic rings. The normalized spacial score (nSPS) is 10.4. The van der Waals surface area contributed by atoms with Gasteiger partial charge in [-0.05, 0) is 61.9 Å². The highest BCUT2D eigenvalue weighted by Gasteiger charge is 1.96. The number of nitrogen functional groups attached to an aromatic ring is 1. The molecule has 0 heterocycles. The minimum Gasteiger partial charge on any atom is -0.494 e. The van der Waals surface area contributed by atoms with Gasteiger partial charge in [0.25, 0.3) is 0 Å². The summed E-state index contributed by atoms with van der Waals surface area (Å²) in [5.74, 6) is 2.03. The van der Waals surface area contributed by atoms with Gasteiger partial charge in [-0.3, -0.25) is 0 Å². The number of ether oxygens (including phenoxy) is 1. The van der Waals surface area contributed by atoms with E-state index in [1.54, 1.807) is 0 Å². The summed E-state index contributed by atoms with van der Waals surface area (Å²) in [6.45, 7) is 2.88. The van der Waals surface area contributed by atoms with Crippen LogP contribution < -0.4 is 10.5 Å². The highest BCUT2D eigenvalue weighted by atomic mass is 32.2. The van der Waals surface area contributed by atoms with Crippen LogP contribution in [0.4, 0.5) is 5.69 Å². The molecule has 0 bridgehead atoms. The summed E-state index contributed by atoms with van der Waals surface area (Å²) in [6.07, 6.45) is 2.23. The van der Waals surface area contributed by atoms with Gasteiger partial charge in [-0.2, -0.15) is 0 Å². The van der Waals surface area contributed by atoms with Crippen molar-refractivity contribution in [2.45, 2.75) is 24.7 Å². The second-order valence-corrected chi connectivity index (χ2v) is 5.95. The molecule has 2 N–H and O–H groups in total. The summed E-state index contributed by atoms with van der Waals surface area (Å²) in [5, 5.41) is 0. The number of hydrogen-bond donors (Lipinski definition) is 1. The lowest BCUT2D eigenvalue weighted by atomic mass is 10.2. The van der Waals surface area contributed by atoms with Crippen LogP contribution in [0.2, 0.25) is 0 Å². The molecule has 3 heteroatoms. The van der Waals surface area contributed by atoms with Gasteiger partial charge in [-0.25, -0.2) is 0 Å². The first-order valence-corrected chi connectivity index (χ1v) is 7.90. The number of hydrogen-bond acceptors (Lipinski definition) is 3. The van der Waals surface area contributed by atoms with Gasteiger partial charge in [0.2, 0.25) is 0 Å². The quantitative estimate of drug-likeness (QED) is 0.461. The highest BCUT2D eigenvalue weighted by molar-refractivity contribution is 7.99. The Kier molecular flexibility index (Phi) is 5.81. The molecule has 2 aromatic rings. The lowest BCUT2D eigenvalue weighted by Gasteiger charge is -2.06. The average Bonchev–Trinajstić information content (AvgIpc) is 2.46. The number of aryl methyl sites for hydroxylation is 1. The van der Waals surface area contributed by atoms with Crippen molar-refractivity contribution in [2.75, 3.05) is 18.1 Å². The Morgan fingerprint density at radius 1 is 0.950 bits per heavy atom. The van der Waals surface area contributed by atoms with Crippen LogP contribution in [0, 0.1) is 6.92 Å². The molecule has 0 aliphatic heterocycles. The van der Waals surface area contributed by atoms with Crippen molar-refractivity contribution in [1.29, 1.82) is 0 Å². The predicted molar refractivity (Wildman–Crippen MR) is 87.5 cm³/mol. The van der Waals surface area contributed by atoms with Crippen LogP contribution in [-0.2, 0) is 0 Å². The van der Waals surface area contributed by atoms with Crippen LogP contribution >= 0.6 is 11.8 Å². The Morgan fingerprint density at radius 3 is 2.35 bits per heavy atom. The van der Waals surface area contributed by atoms with E-state index in [0.717, 1.165) is 36.6 Å². The van der Waals surface area contributed by atoms with Gasteiger partial charge in [0.05, 0.1) is 6.61 Å². The van der Waals surface area contributed by atoms with Crippen molar-refractivity contribution in [3.63, 3.8) is 0 Å². The van der Waals surface area contributed by atoms with E-state index >= 15 is 0 Å². The van der Waals surface area contributed by atoms with E-state index < -0.39 is 0 Å². The van der Waals surface area contributed by atoms with Crippen molar-refractivity contribution in [1.82, 2.24) is 0 Å². The van der Waals surface area contributed by atoms with Gasteiger partial charge < -0.3 is 10.5 Å². The average molecular weight is 287 g/mol. The molecule has 0 aliphatic carbocycles. The third kappa shape index (κ3) is 5.17. The van der Waals surface area contributed by atoms with Crippen molar-refractivity contribution < 1.29 is 4.74 Å². The molecule has 0 aromatic heterocycles. The second-order valence-electron chi connectivity index (χ2n) is 4.79. The number of anilines is 1. The Hall–Kier alpha value is -1.61. The van der Waals surface area contributed by atoms with Crippen molar-refractivity contribution in [2.24, 2.45) is 0 Å². The molecule has 0 atom stereocenters. The van der Waals surface area contributed by atoms with Crippen LogP contribution in [-0.4, -0.2) is 12.4 Å². The maximum absolute atomic E-state index is 5.66. The van der Waals surface area contributed by atoms with Crippen LogP contribution in [0.1, 0.15) is 18.4 Å². The van der Waals surface area contributed by atoms with Crippen LogP contribution in [0.25, 0.3) is 0 Å². The molecule has 0 saturated heterocycles. The first-order valence-electron chi connectivity index (χ1n) is 6.92. The zero-order valence-corrected chi connectivity index (χ0v) is 12.7. The molecule has 0 unspecified atom stereocenters. The number of nitrogens with two attached hydrogens (primary N) is 1. The molecular weight excluding hydrogens is 266 g/mol. The van der Waals surface area contributed by atoms with E-state index in [4.69, 9.17) is 10.5 Å². The van der Waals surface area contributed by atoms with Crippen LogP contribution in [0.15, 0.2) is 53.4 Å². The largest absolute Gasteiger partial charge is 0.494 e. The number of thioether (sulfide) groups is 1. The molecule has 0 spiro atoms.